The molecule has 0 radical (unpaired) electrons. The van der Waals surface area contributed by atoms with E-state index in [4.69, 9.17) is 4.55 Å². The zero-order chi connectivity index (χ0) is 6.78. The van der Waals surface area contributed by atoms with Gasteiger partial charge >= 0.3 is 57.3 Å². The summed E-state index contributed by atoms with van der Waals surface area (Å²) in [5.74, 6) is 0. The topological polar surface area (TPSA) is 54.4 Å². The zero-order valence-electron chi connectivity index (χ0n) is 4.53. The van der Waals surface area contributed by atoms with Crippen LogP contribution in [0, 0.1) is 0 Å². The minimum absolute atomic E-state index is 0.485. The summed E-state index contributed by atoms with van der Waals surface area (Å²) >= 11 is 1.04. The molecular formula is C3H9AsO3S. The van der Waals surface area contributed by atoms with Gasteiger partial charge in [0, 0.05) is 0 Å². The van der Waals surface area contributed by atoms with Crippen LogP contribution in [0.2, 0.25) is 0 Å². The van der Waals surface area contributed by atoms with E-state index in [0.717, 1.165) is 16.9 Å². The number of hydrogen-bond donors (Lipinski definition) is 1. The monoisotopic (exact) mass is 200 g/mol. The van der Waals surface area contributed by atoms with Crippen LogP contribution in [-0.4, -0.2) is 33.9 Å². The summed E-state index contributed by atoms with van der Waals surface area (Å²) in [5.41, 5.74) is 0. The van der Waals surface area contributed by atoms with E-state index >= 15 is 0 Å². The Bertz CT molecular complexity index is 150. The van der Waals surface area contributed by atoms with Gasteiger partial charge < -0.3 is 0 Å². The summed E-state index contributed by atoms with van der Waals surface area (Å²) in [6.45, 7) is 1.72. The molecule has 0 aliphatic heterocycles. The van der Waals surface area contributed by atoms with Gasteiger partial charge in [0.1, 0.15) is 0 Å². The minimum atomic E-state index is -3.73. The molecule has 2 atom stereocenters. The first-order valence-electron chi connectivity index (χ1n) is 2.20. The normalized spacial score (nSPS) is 15.9. The molecule has 5 heteroatoms. The van der Waals surface area contributed by atoms with Crippen LogP contribution in [0.4, 0.5) is 0 Å². The summed E-state index contributed by atoms with van der Waals surface area (Å²) in [6.07, 6.45) is 0.485. The first kappa shape index (κ1) is 8.47. The quantitative estimate of drug-likeness (QED) is 0.471. The van der Waals surface area contributed by atoms with Crippen LogP contribution in [-0.2, 0) is 10.1 Å². The Balaban J connectivity index is 4.04. The van der Waals surface area contributed by atoms with E-state index in [2.05, 4.69) is 0 Å². The Kier molecular flexibility index (Phi) is 3.02. The molecule has 0 aromatic carbocycles. The Morgan fingerprint density at radius 1 is 1.75 bits per heavy atom. The van der Waals surface area contributed by atoms with Gasteiger partial charge in [-0.2, -0.15) is 0 Å². The van der Waals surface area contributed by atoms with Crippen LogP contribution in [0.15, 0.2) is 0 Å². The maximum atomic E-state index is 10.1. The van der Waals surface area contributed by atoms with Gasteiger partial charge in [0.15, 0.2) is 0 Å². The van der Waals surface area contributed by atoms with Crippen molar-refractivity contribution >= 4 is 27.0 Å². The molecule has 0 fully saturated rings. The summed E-state index contributed by atoms with van der Waals surface area (Å²) in [6, 6.07) is 0. The van der Waals surface area contributed by atoms with E-state index in [9.17, 15) is 8.42 Å². The van der Waals surface area contributed by atoms with Crippen molar-refractivity contribution in [2.45, 2.75) is 17.4 Å². The molecule has 50 valence electrons. The van der Waals surface area contributed by atoms with Crippen LogP contribution in [0.3, 0.4) is 0 Å². The molecule has 0 rings (SSSR count). The van der Waals surface area contributed by atoms with Crippen molar-refractivity contribution in [3.8, 4) is 0 Å². The fourth-order valence-electron chi connectivity index (χ4n) is 0.211. The van der Waals surface area contributed by atoms with Gasteiger partial charge in [-0.3, -0.25) is 0 Å². The first-order valence-corrected chi connectivity index (χ1v) is 5.10. The van der Waals surface area contributed by atoms with Gasteiger partial charge in [0.05, 0.1) is 0 Å². The van der Waals surface area contributed by atoms with E-state index in [-0.39, 0.29) is 0 Å². The van der Waals surface area contributed by atoms with Gasteiger partial charge in [-0.05, 0) is 0 Å². The molecule has 0 saturated heterocycles. The molecule has 0 saturated carbocycles. The predicted octanol–water partition coefficient (Wildman–Crippen LogP) is -0.757. The Labute approximate surface area is 57.7 Å². The summed E-state index contributed by atoms with van der Waals surface area (Å²) < 4.78 is 28.0. The number of hydrogen-bond acceptors (Lipinski definition) is 2. The van der Waals surface area contributed by atoms with E-state index in [1.54, 1.807) is 6.92 Å². The van der Waals surface area contributed by atoms with E-state index in [1.165, 1.54) is 0 Å². The molecule has 0 amide bonds. The van der Waals surface area contributed by atoms with Gasteiger partial charge in [-0.15, -0.1) is 0 Å². The third kappa shape index (κ3) is 2.70. The molecule has 8 heavy (non-hydrogen) atoms. The van der Waals surface area contributed by atoms with Crippen LogP contribution in [0.5, 0.6) is 0 Å². The molecule has 1 N–H and O–H groups in total. The summed E-state index contributed by atoms with van der Waals surface area (Å²) in [5, 5.41) is 0. The zero-order valence-corrected chi connectivity index (χ0v) is 7.77. The molecule has 3 nitrogen and oxygen atoms in total. The van der Waals surface area contributed by atoms with Crippen LogP contribution < -0.4 is 0 Å². The summed E-state index contributed by atoms with van der Waals surface area (Å²) in [4.78, 5) is 0. The van der Waals surface area contributed by atoms with Crippen molar-refractivity contribution in [1.82, 2.24) is 0 Å². The van der Waals surface area contributed by atoms with Crippen LogP contribution >= 0.6 is 0 Å². The van der Waals surface area contributed by atoms with Crippen molar-refractivity contribution in [1.29, 1.82) is 0 Å². The van der Waals surface area contributed by atoms with Gasteiger partial charge in [0.2, 0.25) is 0 Å². The summed E-state index contributed by atoms with van der Waals surface area (Å²) in [7, 11) is -3.73. The maximum absolute atomic E-state index is 10.1. The second-order valence-corrected chi connectivity index (χ2v) is 5.80. The van der Waals surface area contributed by atoms with Crippen LogP contribution in [0.25, 0.3) is 0 Å². The molecule has 0 heterocycles. The third-order valence-electron chi connectivity index (χ3n) is 0.785. The first-order chi connectivity index (χ1) is 3.48. The number of rotatable bonds is 2. The van der Waals surface area contributed by atoms with E-state index in [0.29, 0.717) is 6.42 Å². The Morgan fingerprint density at radius 3 is 2.12 bits per heavy atom. The van der Waals surface area contributed by atoms with Crippen molar-refractivity contribution in [3.63, 3.8) is 0 Å². The average Bonchev–Trinajstić information content (AvgIpc) is 1.62. The Hall–Kier alpha value is 0.468. The molecule has 0 aromatic rings. The Morgan fingerprint density at radius 2 is 2.12 bits per heavy atom. The molecule has 0 spiro atoms. The van der Waals surface area contributed by atoms with Gasteiger partial charge in [0.25, 0.3) is 0 Å². The van der Waals surface area contributed by atoms with Crippen molar-refractivity contribution in [2.24, 2.45) is 0 Å². The second-order valence-electron chi connectivity index (χ2n) is 1.46. The van der Waals surface area contributed by atoms with Gasteiger partial charge in [-0.1, -0.05) is 0 Å². The van der Waals surface area contributed by atoms with Crippen molar-refractivity contribution < 1.29 is 13.0 Å². The molecule has 0 bridgehead atoms. The molecule has 0 aromatic heterocycles. The molecular weight excluding hydrogens is 191 g/mol. The molecule has 0 aliphatic rings. The fraction of sp³-hybridized carbons (Fsp3) is 1.00. The second kappa shape index (κ2) is 2.85. The fourth-order valence-corrected chi connectivity index (χ4v) is 0.632. The molecule has 2 unspecified atom stereocenters. The van der Waals surface area contributed by atoms with Gasteiger partial charge in [-0.25, -0.2) is 0 Å². The van der Waals surface area contributed by atoms with E-state index < -0.39 is 14.2 Å². The molecule has 0 aliphatic carbocycles. The predicted molar refractivity (Wildman–Crippen MR) is 34.2 cm³/mol. The average molecular weight is 200 g/mol. The van der Waals surface area contributed by atoms with Crippen molar-refractivity contribution in [3.05, 3.63) is 0 Å². The third-order valence-corrected chi connectivity index (χ3v) is 5.04. The van der Waals surface area contributed by atoms with Crippen LogP contribution in [0.1, 0.15) is 13.3 Å². The SMILES string of the molecule is CCC([AsH2])S(=O)(=O)O. The standard InChI is InChI=1S/C3H9AsO3S/c1-2-3(4)8(5,6)7/h3H,2,4H2,1H3,(H,5,6,7). The van der Waals surface area contributed by atoms with E-state index in [1.807, 2.05) is 0 Å². The van der Waals surface area contributed by atoms with Crippen molar-refractivity contribution in [2.75, 3.05) is 0 Å².